The van der Waals surface area contributed by atoms with Crippen LogP contribution in [0.4, 0.5) is 0 Å². The highest BCUT2D eigenvalue weighted by atomic mass is 35.5. The van der Waals surface area contributed by atoms with E-state index in [9.17, 15) is 9.59 Å². The summed E-state index contributed by atoms with van der Waals surface area (Å²) in [7, 11) is 3.08. The Hall–Kier alpha value is -4.35. The summed E-state index contributed by atoms with van der Waals surface area (Å²) in [6.45, 7) is 6.82. The molecule has 0 saturated carbocycles. The Labute approximate surface area is 297 Å². The zero-order valence-corrected chi connectivity index (χ0v) is 30.0. The van der Waals surface area contributed by atoms with E-state index in [1.54, 1.807) is 30.7 Å². The van der Waals surface area contributed by atoms with Crippen LogP contribution in [0.5, 0.6) is 11.5 Å². The normalized spacial score (nSPS) is 14.6. The zero-order chi connectivity index (χ0) is 34.8. The molecule has 49 heavy (non-hydrogen) atoms. The predicted molar refractivity (Wildman–Crippen MR) is 193 cm³/mol. The van der Waals surface area contributed by atoms with Crippen LogP contribution in [-0.4, -0.2) is 49.1 Å². The summed E-state index contributed by atoms with van der Waals surface area (Å²) in [5.41, 5.74) is 4.85. The van der Waals surface area contributed by atoms with Gasteiger partial charge in [0.15, 0.2) is 16.3 Å². The molecule has 0 spiro atoms. The third-order valence-electron chi connectivity index (χ3n) is 8.45. The number of nitrogens with zero attached hydrogens (tertiary/aromatic N) is 3. The zero-order valence-electron chi connectivity index (χ0n) is 27.7. The van der Waals surface area contributed by atoms with Crippen LogP contribution in [0, 0.1) is 6.92 Å². The number of aromatic nitrogens is 2. The summed E-state index contributed by atoms with van der Waals surface area (Å²) in [6.07, 6.45) is 1.91. The van der Waals surface area contributed by atoms with E-state index >= 15 is 0 Å². The lowest BCUT2D eigenvalue weighted by molar-refractivity contribution is -0.140. The van der Waals surface area contributed by atoms with Crippen LogP contribution in [0.1, 0.15) is 42.3 Å². The van der Waals surface area contributed by atoms with Crippen molar-refractivity contribution >= 4 is 57.5 Å². The smallest absolute Gasteiger partial charge is 0.338 e. The fourth-order valence-corrected chi connectivity index (χ4v) is 7.52. The lowest BCUT2D eigenvalue weighted by Crippen LogP contribution is -2.40. The molecule has 9 nitrogen and oxygen atoms in total. The van der Waals surface area contributed by atoms with E-state index in [0.717, 1.165) is 27.7 Å². The van der Waals surface area contributed by atoms with Crippen molar-refractivity contribution in [3.8, 4) is 11.5 Å². The van der Waals surface area contributed by atoms with Crippen LogP contribution in [0.15, 0.2) is 81.7 Å². The molecule has 12 heteroatoms. The Balaban J connectivity index is 1.55. The van der Waals surface area contributed by atoms with E-state index in [4.69, 9.17) is 47.1 Å². The quantitative estimate of drug-likeness (QED) is 0.115. The molecule has 3 aromatic carbocycles. The van der Waals surface area contributed by atoms with Crippen molar-refractivity contribution < 1.29 is 23.7 Å². The number of esters is 1. The summed E-state index contributed by atoms with van der Waals surface area (Å²) in [5.74, 6) is 0.322. The number of benzene rings is 3. The number of methoxy groups -OCH3 is 2. The van der Waals surface area contributed by atoms with E-state index < -0.39 is 12.0 Å². The molecule has 0 unspecified atom stereocenters. The standard InChI is InChI=1S/C37H35Cl2N3O6S/c1-6-47-34-25(11-9-13-30(34)46-5)33-32(36(44)48-17-16-45-4)21(2)40-37-42(33)35(43)31(49-37)19-26-22(3)41(29-12-8-7-10-24(26)29)20-23-14-15-27(38)28(39)18-23/h7-15,18-19,33H,6,16-17,20H2,1-5H3/b31-19+/t33-/m0/s1. The van der Waals surface area contributed by atoms with Crippen molar-refractivity contribution in [2.75, 3.05) is 34.0 Å². The second-order valence-corrected chi connectivity index (χ2v) is 13.2. The van der Waals surface area contributed by atoms with Crippen molar-refractivity contribution in [1.82, 2.24) is 9.13 Å². The van der Waals surface area contributed by atoms with Gasteiger partial charge in [-0.3, -0.25) is 9.36 Å². The second-order valence-electron chi connectivity index (χ2n) is 11.4. The van der Waals surface area contributed by atoms with Gasteiger partial charge in [0, 0.05) is 41.4 Å². The number of hydrogen-bond acceptors (Lipinski definition) is 8. The third kappa shape index (κ3) is 6.53. The minimum atomic E-state index is -0.887. The highest BCUT2D eigenvalue weighted by Crippen LogP contribution is 2.41. The van der Waals surface area contributed by atoms with Gasteiger partial charge in [-0.2, -0.15) is 0 Å². The Bertz CT molecular complexity index is 2290. The summed E-state index contributed by atoms with van der Waals surface area (Å²) >= 11 is 13.8. The molecule has 6 rings (SSSR count). The summed E-state index contributed by atoms with van der Waals surface area (Å²) in [4.78, 5) is 33.5. The first-order chi connectivity index (χ1) is 23.7. The van der Waals surface area contributed by atoms with Crippen LogP contribution >= 0.6 is 34.5 Å². The topological polar surface area (TPSA) is 93.3 Å². The van der Waals surface area contributed by atoms with Crippen LogP contribution in [-0.2, 0) is 20.8 Å². The fourth-order valence-electron chi connectivity index (χ4n) is 6.18. The van der Waals surface area contributed by atoms with Gasteiger partial charge in [0.1, 0.15) is 12.6 Å². The number of hydrogen-bond donors (Lipinski definition) is 0. The molecule has 0 aliphatic carbocycles. The van der Waals surface area contributed by atoms with Gasteiger partial charge in [-0.15, -0.1) is 0 Å². The molecule has 5 aromatic rings. The number of fused-ring (bicyclic) bond motifs is 2. The first-order valence-electron chi connectivity index (χ1n) is 15.7. The van der Waals surface area contributed by atoms with Crippen molar-refractivity contribution in [2.45, 2.75) is 33.4 Å². The average molecular weight is 721 g/mol. The van der Waals surface area contributed by atoms with Crippen molar-refractivity contribution in [3.63, 3.8) is 0 Å². The van der Waals surface area contributed by atoms with Crippen LogP contribution in [0.3, 0.4) is 0 Å². The molecular weight excluding hydrogens is 685 g/mol. The lowest BCUT2D eigenvalue weighted by atomic mass is 9.94. The molecule has 0 radical (unpaired) electrons. The molecule has 0 fully saturated rings. The summed E-state index contributed by atoms with van der Waals surface area (Å²) in [5, 5.41) is 1.98. The van der Waals surface area contributed by atoms with Gasteiger partial charge < -0.3 is 23.5 Å². The van der Waals surface area contributed by atoms with Crippen molar-refractivity contribution in [2.24, 2.45) is 4.99 Å². The monoisotopic (exact) mass is 719 g/mol. The Morgan fingerprint density at radius 2 is 1.82 bits per heavy atom. The molecule has 1 atom stereocenters. The number of carbonyl (C=O) groups is 1. The first kappa shape index (κ1) is 34.5. The molecule has 2 aromatic heterocycles. The molecule has 0 saturated heterocycles. The molecule has 0 N–H and O–H groups in total. The van der Waals surface area contributed by atoms with Gasteiger partial charge in [-0.25, -0.2) is 9.79 Å². The molecule has 0 amide bonds. The van der Waals surface area contributed by atoms with Crippen LogP contribution in [0.2, 0.25) is 10.0 Å². The van der Waals surface area contributed by atoms with Gasteiger partial charge in [-0.1, -0.05) is 70.9 Å². The maximum Gasteiger partial charge on any atom is 0.338 e. The van der Waals surface area contributed by atoms with E-state index in [1.165, 1.54) is 18.4 Å². The Morgan fingerprint density at radius 3 is 2.55 bits per heavy atom. The van der Waals surface area contributed by atoms with Gasteiger partial charge >= 0.3 is 5.97 Å². The number of allylic oxidation sites excluding steroid dienone is 1. The first-order valence-corrected chi connectivity index (χ1v) is 17.3. The number of para-hydroxylation sites is 2. The Morgan fingerprint density at radius 1 is 1.02 bits per heavy atom. The number of ether oxygens (including phenoxy) is 4. The lowest BCUT2D eigenvalue weighted by Gasteiger charge is -2.27. The van der Waals surface area contributed by atoms with Crippen LogP contribution in [0.25, 0.3) is 17.0 Å². The van der Waals surface area contributed by atoms with Crippen molar-refractivity contribution in [1.29, 1.82) is 0 Å². The molecule has 1 aliphatic heterocycles. The fraction of sp³-hybridized carbons (Fsp3) is 0.270. The van der Waals surface area contributed by atoms with Gasteiger partial charge in [0.2, 0.25) is 0 Å². The van der Waals surface area contributed by atoms with E-state index in [1.807, 2.05) is 62.4 Å². The molecule has 254 valence electrons. The van der Waals surface area contributed by atoms with Gasteiger partial charge in [-0.05, 0) is 56.7 Å². The summed E-state index contributed by atoms with van der Waals surface area (Å²) < 4.78 is 26.6. The molecule has 3 heterocycles. The van der Waals surface area contributed by atoms with Gasteiger partial charge in [0.05, 0.1) is 46.2 Å². The minimum absolute atomic E-state index is 0.0469. The van der Waals surface area contributed by atoms with Crippen molar-refractivity contribution in [3.05, 3.63) is 124 Å². The number of rotatable bonds is 11. The summed E-state index contributed by atoms with van der Waals surface area (Å²) in [6, 6.07) is 18.2. The number of halogens is 2. The molecule has 0 bridgehead atoms. The molecule has 1 aliphatic rings. The maximum atomic E-state index is 14.6. The largest absolute Gasteiger partial charge is 0.493 e. The maximum absolute atomic E-state index is 14.6. The van der Waals surface area contributed by atoms with E-state index in [-0.39, 0.29) is 24.3 Å². The van der Waals surface area contributed by atoms with E-state index in [0.29, 0.717) is 55.3 Å². The molecular formula is C37H35Cl2N3O6S. The highest BCUT2D eigenvalue weighted by molar-refractivity contribution is 7.07. The SMILES string of the molecule is CCOc1c(OC)cccc1[C@H]1C(C(=O)OCCOC)=C(C)N=c2s/c(=C/c3c(C)n(Cc4ccc(Cl)c(Cl)c4)c4ccccc34)c(=O)n21. The number of carbonyl (C=O) groups excluding carboxylic acids is 1. The van der Waals surface area contributed by atoms with E-state index in [2.05, 4.69) is 10.6 Å². The minimum Gasteiger partial charge on any atom is -0.493 e. The second kappa shape index (κ2) is 14.6. The van der Waals surface area contributed by atoms with Gasteiger partial charge in [0.25, 0.3) is 5.56 Å². The Kier molecular flexibility index (Phi) is 10.3. The predicted octanol–water partition coefficient (Wildman–Crippen LogP) is 6.45. The number of thiazole rings is 1. The third-order valence-corrected chi connectivity index (χ3v) is 10.2. The highest BCUT2D eigenvalue weighted by Gasteiger charge is 2.36. The van der Waals surface area contributed by atoms with Crippen LogP contribution < -0.4 is 24.4 Å². The average Bonchev–Trinajstić information content (AvgIpc) is 3.54.